The molecule has 2 rings (SSSR count). The third-order valence-corrected chi connectivity index (χ3v) is 4.62. The Labute approximate surface area is 126 Å². The maximum atomic E-state index is 13.7. The quantitative estimate of drug-likeness (QED) is 0.940. The Kier molecular flexibility index (Phi) is 4.16. The first-order valence-electron chi connectivity index (χ1n) is 5.83. The van der Waals surface area contributed by atoms with E-state index in [1.165, 1.54) is 30.3 Å². The van der Waals surface area contributed by atoms with Gasteiger partial charge in [-0.25, -0.2) is 12.8 Å². The predicted molar refractivity (Wildman–Crippen MR) is 78.1 cm³/mol. The van der Waals surface area contributed by atoms with Crippen LogP contribution in [0.1, 0.15) is 11.1 Å². The van der Waals surface area contributed by atoms with Crippen LogP contribution in [0.4, 0.5) is 10.1 Å². The largest absolute Gasteiger partial charge is 0.275 e. The van der Waals surface area contributed by atoms with Crippen LogP contribution in [0.15, 0.2) is 41.3 Å². The summed E-state index contributed by atoms with van der Waals surface area (Å²) in [6.07, 6.45) is 0. The van der Waals surface area contributed by atoms with Gasteiger partial charge in [0, 0.05) is 0 Å². The van der Waals surface area contributed by atoms with Crippen LogP contribution in [-0.4, -0.2) is 8.42 Å². The number of para-hydroxylation sites is 1. The van der Waals surface area contributed by atoms with Crippen molar-refractivity contribution < 1.29 is 12.8 Å². The van der Waals surface area contributed by atoms with Gasteiger partial charge in [-0.1, -0.05) is 17.7 Å². The molecule has 4 nitrogen and oxygen atoms in total. The maximum Gasteiger partial charge on any atom is 0.262 e. The predicted octanol–water partition coefficient (Wildman–Crippen LogP) is 3.46. The van der Waals surface area contributed by atoms with Crippen LogP contribution in [-0.2, 0) is 10.0 Å². The molecule has 0 atom stereocenters. The Hall–Kier alpha value is -2.10. The highest BCUT2D eigenvalue weighted by Gasteiger charge is 2.20. The van der Waals surface area contributed by atoms with E-state index in [-0.39, 0.29) is 15.6 Å². The van der Waals surface area contributed by atoms with E-state index >= 15 is 0 Å². The molecule has 0 aliphatic rings. The number of nitrogens with one attached hydrogen (secondary N) is 1. The van der Waals surface area contributed by atoms with Crippen LogP contribution >= 0.6 is 11.6 Å². The van der Waals surface area contributed by atoms with Crippen molar-refractivity contribution in [2.24, 2.45) is 0 Å². The number of benzene rings is 2. The van der Waals surface area contributed by atoms with E-state index in [0.29, 0.717) is 11.1 Å². The molecule has 0 unspecified atom stereocenters. The summed E-state index contributed by atoms with van der Waals surface area (Å²) in [6, 6.07) is 9.90. The molecule has 0 saturated carbocycles. The highest BCUT2D eigenvalue weighted by atomic mass is 35.5. The number of anilines is 1. The highest BCUT2D eigenvalue weighted by molar-refractivity contribution is 7.92. The molecule has 2 aromatic rings. The number of nitriles is 1. The molecule has 0 radical (unpaired) electrons. The van der Waals surface area contributed by atoms with Gasteiger partial charge < -0.3 is 0 Å². The Morgan fingerprint density at radius 1 is 1.29 bits per heavy atom. The molecular formula is C14H10ClFN2O2S. The van der Waals surface area contributed by atoms with Crippen molar-refractivity contribution in [2.75, 3.05) is 4.72 Å². The molecule has 21 heavy (non-hydrogen) atoms. The first kappa shape index (κ1) is 15.3. The summed E-state index contributed by atoms with van der Waals surface area (Å²) in [7, 11) is -4.00. The van der Waals surface area contributed by atoms with Gasteiger partial charge in [0.05, 0.1) is 21.6 Å². The van der Waals surface area contributed by atoms with Crippen LogP contribution in [0.25, 0.3) is 0 Å². The van der Waals surface area contributed by atoms with Crippen LogP contribution < -0.4 is 4.72 Å². The molecule has 0 aromatic heterocycles. The Morgan fingerprint density at radius 2 is 2.00 bits per heavy atom. The number of hydrogen-bond acceptors (Lipinski definition) is 3. The molecule has 0 fully saturated rings. The second-order valence-electron chi connectivity index (χ2n) is 4.29. The zero-order valence-corrected chi connectivity index (χ0v) is 12.5. The zero-order valence-electron chi connectivity index (χ0n) is 10.9. The molecule has 0 aliphatic carbocycles. The topological polar surface area (TPSA) is 70.0 Å². The van der Waals surface area contributed by atoms with Crippen LogP contribution in [0.3, 0.4) is 0 Å². The van der Waals surface area contributed by atoms with Gasteiger partial charge in [0.1, 0.15) is 11.5 Å². The summed E-state index contributed by atoms with van der Waals surface area (Å²) in [5, 5.41) is 8.74. The van der Waals surface area contributed by atoms with E-state index in [9.17, 15) is 12.8 Å². The summed E-state index contributed by atoms with van der Waals surface area (Å²) < 4.78 is 40.4. The fourth-order valence-corrected chi connectivity index (χ4v) is 3.39. The fraction of sp³-hybridized carbons (Fsp3) is 0.0714. The minimum Gasteiger partial charge on any atom is -0.275 e. The van der Waals surface area contributed by atoms with E-state index in [2.05, 4.69) is 4.72 Å². The van der Waals surface area contributed by atoms with Crippen molar-refractivity contribution in [1.29, 1.82) is 5.26 Å². The van der Waals surface area contributed by atoms with Crippen molar-refractivity contribution in [3.05, 3.63) is 58.4 Å². The average Bonchev–Trinajstić information content (AvgIpc) is 2.42. The summed E-state index contributed by atoms with van der Waals surface area (Å²) in [6.45, 7) is 1.55. The number of aryl methyl sites for hydroxylation is 1. The smallest absolute Gasteiger partial charge is 0.262 e. The van der Waals surface area contributed by atoms with Gasteiger partial charge in [0.2, 0.25) is 0 Å². The minimum absolute atomic E-state index is 0.0372. The maximum absolute atomic E-state index is 13.7. The second kappa shape index (κ2) is 5.72. The van der Waals surface area contributed by atoms with Crippen LogP contribution in [0, 0.1) is 24.1 Å². The monoisotopic (exact) mass is 324 g/mol. The number of halogens is 2. The Balaban J connectivity index is 2.47. The molecule has 0 amide bonds. The second-order valence-corrected chi connectivity index (χ2v) is 6.35. The van der Waals surface area contributed by atoms with Crippen molar-refractivity contribution >= 4 is 27.3 Å². The highest BCUT2D eigenvalue weighted by Crippen LogP contribution is 2.28. The number of rotatable bonds is 3. The van der Waals surface area contributed by atoms with E-state index < -0.39 is 15.8 Å². The molecule has 0 heterocycles. The van der Waals surface area contributed by atoms with Crippen molar-refractivity contribution in [3.8, 4) is 6.07 Å². The number of sulfonamides is 1. The van der Waals surface area contributed by atoms with E-state index in [4.69, 9.17) is 16.9 Å². The van der Waals surface area contributed by atoms with Crippen LogP contribution in [0.5, 0.6) is 0 Å². The van der Waals surface area contributed by atoms with Crippen LogP contribution in [0.2, 0.25) is 5.02 Å². The lowest BCUT2D eigenvalue weighted by Gasteiger charge is -2.12. The molecule has 0 saturated heterocycles. The van der Waals surface area contributed by atoms with Gasteiger partial charge >= 0.3 is 0 Å². The summed E-state index contributed by atoms with van der Waals surface area (Å²) >= 11 is 5.80. The third-order valence-electron chi connectivity index (χ3n) is 2.79. The molecule has 1 N–H and O–H groups in total. The normalized spacial score (nSPS) is 11.0. The zero-order chi connectivity index (χ0) is 15.6. The average molecular weight is 325 g/mol. The van der Waals surface area contributed by atoms with E-state index in [1.54, 1.807) is 6.92 Å². The SMILES string of the molecule is Cc1cc(C#N)ccc1S(=O)(=O)Nc1c(F)cccc1Cl. The molecule has 0 spiro atoms. The molecule has 0 aliphatic heterocycles. The number of hydrogen-bond donors (Lipinski definition) is 1. The molecule has 0 bridgehead atoms. The van der Waals surface area contributed by atoms with Gasteiger partial charge in [-0.2, -0.15) is 5.26 Å². The van der Waals surface area contributed by atoms with E-state index in [0.717, 1.165) is 6.07 Å². The van der Waals surface area contributed by atoms with Crippen molar-refractivity contribution in [3.63, 3.8) is 0 Å². The standard InChI is InChI=1S/C14H10ClFN2O2S/c1-9-7-10(8-17)5-6-13(9)21(19,20)18-14-11(15)3-2-4-12(14)16/h2-7,18H,1H3. The summed E-state index contributed by atoms with van der Waals surface area (Å²) in [5.41, 5.74) is 0.423. The minimum atomic E-state index is -4.00. The van der Waals surface area contributed by atoms with Crippen molar-refractivity contribution in [2.45, 2.75) is 11.8 Å². The lowest BCUT2D eigenvalue weighted by molar-refractivity contribution is 0.598. The summed E-state index contributed by atoms with van der Waals surface area (Å²) in [4.78, 5) is -0.0409. The van der Waals surface area contributed by atoms with Gasteiger partial charge in [-0.15, -0.1) is 0 Å². The first-order chi connectivity index (χ1) is 9.85. The Morgan fingerprint density at radius 3 is 2.57 bits per heavy atom. The lowest BCUT2D eigenvalue weighted by atomic mass is 10.2. The van der Waals surface area contributed by atoms with Gasteiger partial charge in [-0.3, -0.25) is 4.72 Å². The number of nitrogens with zero attached hydrogens (tertiary/aromatic N) is 1. The third kappa shape index (κ3) is 3.15. The molecular weight excluding hydrogens is 315 g/mol. The van der Waals surface area contributed by atoms with Gasteiger partial charge in [-0.05, 0) is 42.8 Å². The molecule has 7 heteroatoms. The van der Waals surface area contributed by atoms with E-state index in [1.807, 2.05) is 6.07 Å². The molecule has 2 aromatic carbocycles. The van der Waals surface area contributed by atoms with Gasteiger partial charge in [0.15, 0.2) is 0 Å². The lowest BCUT2D eigenvalue weighted by Crippen LogP contribution is -2.15. The fourth-order valence-electron chi connectivity index (χ4n) is 1.81. The van der Waals surface area contributed by atoms with Crippen molar-refractivity contribution in [1.82, 2.24) is 0 Å². The van der Waals surface area contributed by atoms with Gasteiger partial charge in [0.25, 0.3) is 10.0 Å². The summed E-state index contributed by atoms with van der Waals surface area (Å²) in [5.74, 6) is -0.766. The first-order valence-corrected chi connectivity index (χ1v) is 7.69. The molecule has 108 valence electrons. The Bertz CT molecular complexity index is 824.